The van der Waals surface area contributed by atoms with Gasteiger partial charge in [-0.15, -0.1) is 0 Å². The van der Waals surface area contributed by atoms with Crippen molar-refractivity contribution in [3.63, 3.8) is 0 Å². The first-order valence-corrected chi connectivity index (χ1v) is 25.4. The molecule has 388 valence electrons. The van der Waals surface area contributed by atoms with E-state index in [0.29, 0.717) is 64.4 Å². The number of nitrogens with one attached hydrogen (secondary N) is 5. The van der Waals surface area contributed by atoms with Crippen LogP contribution in [0.25, 0.3) is 22.5 Å². The van der Waals surface area contributed by atoms with Crippen molar-refractivity contribution < 1.29 is 40.9 Å². The number of anilines is 5. The van der Waals surface area contributed by atoms with Crippen molar-refractivity contribution >= 4 is 63.6 Å². The predicted octanol–water partition coefficient (Wildman–Crippen LogP) is 8.56. The number of hydrogen-bond donors (Lipinski definition) is 5. The molecule has 1 unspecified atom stereocenters. The van der Waals surface area contributed by atoms with Gasteiger partial charge in [0.1, 0.15) is 34.6 Å². The summed E-state index contributed by atoms with van der Waals surface area (Å²) in [7, 11) is 2.27. The van der Waals surface area contributed by atoms with Crippen LogP contribution in [-0.4, -0.2) is 99.5 Å². The molecule has 1 atom stereocenters. The molecule has 6 amide bonds. The summed E-state index contributed by atoms with van der Waals surface area (Å²) in [6.45, 7) is 10.1. The van der Waals surface area contributed by atoms with Gasteiger partial charge in [0.05, 0.1) is 35.3 Å². The average Bonchev–Trinajstić information content (AvgIpc) is 3.37. The number of para-hydroxylation sites is 2. The maximum absolute atomic E-state index is 14.9. The number of aryl methyl sites for hydroxylation is 2. The zero-order valence-corrected chi connectivity index (χ0v) is 42.7. The summed E-state index contributed by atoms with van der Waals surface area (Å²) in [4.78, 5) is 72.9. The maximum Gasteiger partial charge on any atom is 0.328 e. The second kappa shape index (κ2) is 23.8. The Morgan fingerprint density at radius 1 is 0.662 bits per heavy atom. The van der Waals surface area contributed by atoms with Gasteiger partial charge in [0.15, 0.2) is 11.6 Å². The molecule has 0 saturated heterocycles. The van der Waals surface area contributed by atoms with Crippen molar-refractivity contribution in [3.8, 4) is 22.5 Å². The standard InChI is InChI=1S/C28H33F2N7O2.C24H23F2N5O3S/c1-5-12-31-26(38)18-11-10-17(2)19(15-18)23-20-16-33-28(39)37(24-21(29)8-6-9-22(24)30)25(20)35-27(34-23)32-13-7-14-36(3)4;1-4-10-27-22(32)14-9-8-13(2)15(11-14)19-16-12-28-24(33)31(20-17(25)6-5-7-18(20)26)21(16)30-23(29-19)35(3)34/h6,8-11,15H,5,7,12-14,16H2,1-4H3,(H,31,38)(H,33,39)(H,32,34,35);5-9,11H,4,10,12H2,1-3H3,(H,27,32)(H,28,33). The molecular formula is C52H56F4N12O5S. The lowest BCUT2D eigenvalue weighted by Crippen LogP contribution is -2.43. The molecule has 5 N–H and O–H groups in total. The first-order valence-electron chi connectivity index (χ1n) is 23.8. The molecule has 6 aromatic rings. The van der Waals surface area contributed by atoms with Crippen LogP contribution >= 0.6 is 0 Å². The second-order valence-corrected chi connectivity index (χ2v) is 18.9. The van der Waals surface area contributed by atoms with E-state index in [4.69, 9.17) is 4.98 Å². The number of amides is 6. The van der Waals surface area contributed by atoms with E-state index >= 15 is 0 Å². The first kappa shape index (κ1) is 53.9. The molecule has 2 aliphatic heterocycles. The largest absolute Gasteiger partial charge is 0.354 e. The first-order chi connectivity index (χ1) is 35.4. The van der Waals surface area contributed by atoms with Gasteiger partial charge in [-0.1, -0.05) is 38.1 Å². The van der Waals surface area contributed by atoms with E-state index in [9.17, 15) is 40.9 Å². The third kappa shape index (κ3) is 11.8. The number of carbonyl (C=O) groups excluding carboxylic acids is 4. The van der Waals surface area contributed by atoms with Crippen LogP contribution in [0.1, 0.15) is 76.1 Å². The monoisotopic (exact) mass is 1040 g/mol. The van der Waals surface area contributed by atoms with Crippen molar-refractivity contribution in [1.82, 2.24) is 46.1 Å². The number of halogens is 4. The van der Waals surface area contributed by atoms with Crippen molar-refractivity contribution in [2.75, 3.05) is 61.6 Å². The van der Waals surface area contributed by atoms with Gasteiger partial charge in [-0.2, -0.15) is 4.98 Å². The molecule has 0 spiro atoms. The molecule has 0 saturated carbocycles. The lowest BCUT2D eigenvalue weighted by atomic mass is 9.97. The van der Waals surface area contributed by atoms with E-state index in [0.717, 1.165) is 71.0 Å². The van der Waals surface area contributed by atoms with E-state index in [-0.39, 0.29) is 47.6 Å². The molecule has 0 aliphatic carbocycles. The number of benzene rings is 4. The number of nitrogens with zero attached hydrogens (tertiary/aromatic N) is 7. The van der Waals surface area contributed by atoms with E-state index in [1.165, 1.54) is 18.4 Å². The minimum atomic E-state index is -1.68. The third-order valence-corrected chi connectivity index (χ3v) is 12.5. The number of rotatable bonds is 16. The SMILES string of the molecule is CCCNC(=O)c1ccc(C)c(-c2nc(NCCCN(C)C)nc3c2CNC(=O)N3c2c(F)cccc2F)c1.CCCNC(=O)c1ccc(C)c(-c2nc(S(C)=O)nc3c2CNC(=O)N3c2c(F)cccc2F)c1. The lowest BCUT2D eigenvalue weighted by Gasteiger charge is -2.31. The van der Waals surface area contributed by atoms with Gasteiger partial charge in [-0.3, -0.25) is 13.8 Å². The van der Waals surface area contributed by atoms with Crippen LogP contribution in [0, 0.1) is 37.1 Å². The molecule has 17 nitrogen and oxygen atoms in total. The topological polar surface area (TPSA) is 207 Å². The van der Waals surface area contributed by atoms with Crippen LogP contribution in [-0.2, 0) is 23.9 Å². The summed E-state index contributed by atoms with van der Waals surface area (Å²) in [5, 5.41) is 14.1. The molecule has 4 heterocycles. The lowest BCUT2D eigenvalue weighted by molar-refractivity contribution is 0.0945. The van der Waals surface area contributed by atoms with E-state index in [2.05, 4.69) is 41.5 Å². The van der Waals surface area contributed by atoms with Crippen LogP contribution in [0.2, 0.25) is 0 Å². The van der Waals surface area contributed by atoms with Gasteiger partial charge in [-0.25, -0.2) is 51.9 Å². The smallest absolute Gasteiger partial charge is 0.328 e. The molecule has 8 rings (SSSR count). The van der Waals surface area contributed by atoms with Gasteiger partial charge in [-0.05, 0) is 113 Å². The molecule has 4 aromatic carbocycles. The zero-order valence-electron chi connectivity index (χ0n) is 41.9. The molecule has 22 heteroatoms. The highest BCUT2D eigenvalue weighted by molar-refractivity contribution is 7.84. The van der Waals surface area contributed by atoms with Crippen molar-refractivity contribution in [2.45, 2.75) is 65.2 Å². The molecular weight excluding hydrogens is 981 g/mol. The molecule has 2 aliphatic rings. The Balaban J connectivity index is 0.000000217. The number of fused-ring (bicyclic) bond motifs is 2. The average molecular weight is 1040 g/mol. The highest BCUT2D eigenvalue weighted by Crippen LogP contribution is 2.41. The minimum absolute atomic E-state index is 0.0294. The van der Waals surface area contributed by atoms with E-state index in [1.54, 1.807) is 30.3 Å². The van der Waals surface area contributed by atoms with Crippen LogP contribution in [0.15, 0.2) is 78.0 Å². The Morgan fingerprint density at radius 2 is 1.11 bits per heavy atom. The van der Waals surface area contributed by atoms with E-state index in [1.807, 2.05) is 52.8 Å². The Kier molecular flexibility index (Phi) is 17.3. The van der Waals surface area contributed by atoms with Crippen LogP contribution in [0.3, 0.4) is 0 Å². The van der Waals surface area contributed by atoms with Gasteiger partial charge in [0.25, 0.3) is 11.8 Å². The normalized spacial score (nSPS) is 13.2. The number of hydrogen-bond acceptors (Lipinski definition) is 11. The van der Waals surface area contributed by atoms with Crippen molar-refractivity contribution in [2.24, 2.45) is 0 Å². The highest BCUT2D eigenvalue weighted by atomic mass is 32.2. The van der Waals surface area contributed by atoms with E-state index < -0.39 is 57.5 Å². The maximum atomic E-state index is 14.9. The Bertz CT molecular complexity index is 3120. The van der Waals surface area contributed by atoms with Crippen LogP contribution in [0.4, 0.5) is 56.1 Å². The molecule has 0 fully saturated rings. The third-order valence-electron chi connectivity index (χ3n) is 11.8. The minimum Gasteiger partial charge on any atom is -0.354 e. The fraction of sp³-hybridized carbons (Fsp3) is 0.308. The number of aromatic nitrogens is 4. The Hall–Kier alpha value is -7.85. The highest BCUT2D eigenvalue weighted by Gasteiger charge is 2.36. The summed E-state index contributed by atoms with van der Waals surface area (Å²) in [6, 6.07) is 15.5. The zero-order chi connectivity index (χ0) is 53.4. The summed E-state index contributed by atoms with van der Waals surface area (Å²) in [5.41, 5.74) is 4.12. The fourth-order valence-corrected chi connectivity index (χ4v) is 8.52. The van der Waals surface area contributed by atoms with Gasteiger partial charge < -0.3 is 31.5 Å². The predicted molar refractivity (Wildman–Crippen MR) is 275 cm³/mol. The molecule has 2 aromatic heterocycles. The Morgan fingerprint density at radius 3 is 1.54 bits per heavy atom. The summed E-state index contributed by atoms with van der Waals surface area (Å²) < 4.78 is 71.5. The van der Waals surface area contributed by atoms with Gasteiger partial charge in [0, 0.05) is 59.3 Å². The quantitative estimate of drug-likeness (QED) is 0.0353. The van der Waals surface area contributed by atoms with Crippen molar-refractivity contribution in [1.29, 1.82) is 0 Å². The number of urea groups is 2. The summed E-state index contributed by atoms with van der Waals surface area (Å²) >= 11 is 0. The molecule has 74 heavy (non-hydrogen) atoms. The Labute approximate surface area is 428 Å². The summed E-state index contributed by atoms with van der Waals surface area (Å²) in [5.74, 6) is -3.99. The van der Waals surface area contributed by atoms with Crippen LogP contribution < -0.4 is 36.4 Å². The second-order valence-electron chi connectivity index (χ2n) is 17.6. The number of carbonyl (C=O) groups is 4. The molecule has 0 radical (unpaired) electrons. The van der Waals surface area contributed by atoms with Crippen molar-refractivity contribution in [3.05, 3.63) is 129 Å². The van der Waals surface area contributed by atoms with Gasteiger partial charge >= 0.3 is 12.1 Å². The summed E-state index contributed by atoms with van der Waals surface area (Å²) in [6.07, 6.45) is 3.73. The fourth-order valence-electron chi connectivity index (χ4n) is 8.08. The van der Waals surface area contributed by atoms with Crippen LogP contribution in [0.5, 0.6) is 0 Å². The molecule has 0 bridgehead atoms. The van der Waals surface area contributed by atoms with Gasteiger partial charge in [0.2, 0.25) is 11.1 Å².